The molecule has 15 nitrogen and oxygen atoms in total. The minimum atomic E-state index is -2.55. The molecule has 0 aliphatic rings. The molecule has 0 spiro atoms. The van der Waals surface area contributed by atoms with Gasteiger partial charge in [0.25, 0.3) is 0 Å². The molecule has 76 heavy (non-hydrogen) atoms. The maximum atomic E-state index is 14.7. The molecule has 5 rings (SSSR count). The number of amides is 2. The number of carbonyl (C=O) groups excluding carboxylic acids is 5. The summed E-state index contributed by atoms with van der Waals surface area (Å²) in [6.07, 6.45) is 0.0551. The molecule has 1 aromatic heterocycles. The number of ketones is 2. The number of H-pyrrole nitrogens is 1. The van der Waals surface area contributed by atoms with Crippen molar-refractivity contribution in [2.24, 2.45) is 17.0 Å². The third kappa shape index (κ3) is 18.5. The Morgan fingerprint density at radius 2 is 1.32 bits per heavy atom. The van der Waals surface area contributed by atoms with Crippen LogP contribution in [0.5, 0.6) is 0 Å². The van der Waals surface area contributed by atoms with Gasteiger partial charge in [-0.2, -0.15) is 0 Å². The van der Waals surface area contributed by atoms with Crippen molar-refractivity contribution in [2.75, 3.05) is 46.2 Å². The zero-order valence-corrected chi connectivity index (χ0v) is 46.5. The predicted molar refractivity (Wildman–Crippen MR) is 299 cm³/mol. The molecule has 3 atom stereocenters. The third-order valence-corrected chi connectivity index (χ3v) is 18.3. The minimum Gasteiger partial charge on any atom is -0.460 e. The first-order valence-electron chi connectivity index (χ1n) is 26.1. The Kier molecular flexibility index (Phi) is 22.8. The number of esters is 1. The van der Waals surface area contributed by atoms with E-state index < -0.39 is 73.7 Å². The highest BCUT2D eigenvalue weighted by molar-refractivity contribution is 7.10. The first-order chi connectivity index (χ1) is 36.2. The third-order valence-electron chi connectivity index (χ3n) is 13.1. The smallest absolute Gasteiger partial charge is 0.308 e. The number of nitrogens with one attached hydrogen (secondary N) is 3. The van der Waals surface area contributed by atoms with Gasteiger partial charge in [0.1, 0.15) is 24.6 Å². The highest BCUT2D eigenvalue weighted by Crippen LogP contribution is 2.35. The van der Waals surface area contributed by atoms with Crippen molar-refractivity contribution in [1.29, 1.82) is 0 Å². The number of carbonyl (C=O) groups is 5. The summed E-state index contributed by atoms with van der Waals surface area (Å²) in [7, 11) is -2.55. The van der Waals surface area contributed by atoms with E-state index >= 15 is 0 Å². The molecule has 3 N–H and O–H groups in total. The van der Waals surface area contributed by atoms with Gasteiger partial charge in [0, 0.05) is 47.0 Å². The molecule has 4 aromatic carbocycles. The number of hydrogen-bond acceptors (Lipinski definition) is 10. The van der Waals surface area contributed by atoms with Crippen LogP contribution >= 0.6 is 0 Å². The number of ether oxygens (including phenoxy) is 4. The maximum Gasteiger partial charge on any atom is 0.308 e. The van der Waals surface area contributed by atoms with Gasteiger partial charge in [-0.15, -0.1) is 5.54 Å². The van der Waals surface area contributed by atoms with Crippen molar-refractivity contribution in [3.63, 3.8) is 0 Å². The minimum absolute atomic E-state index is 0.0653. The van der Waals surface area contributed by atoms with E-state index in [9.17, 15) is 24.0 Å². The van der Waals surface area contributed by atoms with Crippen LogP contribution in [0.4, 0.5) is 0 Å². The van der Waals surface area contributed by atoms with Crippen LogP contribution < -0.4 is 21.0 Å². The van der Waals surface area contributed by atoms with Crippen LogP contribution in [0.15, 0.2) is 126 Å². The normalized spacial score (nSPS) is 13.1. The molecule has 404 valence electrons. The van der Waals surface area contributed by atoms with Crippen molar-refractivity contribution >= 4 is 58.7 Å². The Morgan fingerprint density at radius 1 is 0.724 bits per heavy atom. The molecular formula is C60H76N6O9Si. The van der Waals surface area contributed by atoms with Gasteiger partial charge in [-0.1, -0.05) is 141 Å². The summed E-state index contributed by atoms with van der Waals surface area (Å²) in [5.41, 5.74) is 13.0. The zero-order valence-electron chi connectivity index (χ0n) is 45.5. The summed E-state index contributed by atoms with van der Waals surface area (Å²) >= 11 is 0. The van der Waals surface area contributed by atoms with Gasteiger partial charge in [-0.25, -0.2) is 0 Å². The molecule has 1 heterocycles. The zero-order chi connectivity index (χ0) is 55.2. The van der Waals surface area contributed by atoms with Gasteiger partial charge in [-0.05, 0) is 97.9 Å². The number of aromatic amines is 1. The number of fused-ring (bicyclic) bond motifs is 1. The van der Waals surface area contributed by atoms with Crippen LogP contribution in [0, 0.1) is 23.3 Å². The number of aromatic nitrogens is 1. The fraction of sp³-hybridized carbons (Fsp3) is 0.450. The van der Waals surface area contributed by atoms with E-state index in [1.165, 1.54) is 10.4 Å². The lowest BCUT2D eigenvalue weighted by atomic mass is 9.78. The number of rotatable bonds is 29. The second-order valence-electron chi connectivity index (χ2n) is 21.6. The van der Waals surface area contributed by atoms with Crippen LogP contribution in [0.25, 0.3) is 21.3 Å². The lowest BCUT2D eigenvalue weighted by Gasteiger charge is -2.39. The van der Waals surface area contributed by atoms with Gasteiger partial charge in [-0.3, -0.25) is 24.0 Å². The molecule has 0 saturated heterocycles. The lowest BCUT2D eigenvalue weighted by molar-refractivity contribution is -0.156. The van der Waals surface area contributed by atoms with Crippen LogP contribution in [0.1, 0.15) is 92.3 Å². The fourth-order valence-electron chi connectivity index (χ4n) is 9.39. The van der Waals surface area contributed by atoms with Crippen LogP contribution in [-0.2, 0) is 55.8 Å². The average molecular weight is 1050 g/mol. The Morgan fingerprint density at radius 3 is 1.92 bits per heavy atom. The van der Waals surface area contributed by atoms with E-state index in [0.29, 0.717) is 25.1 Å². The Labute approximate surface area is 449 Å². The number of hydrogen-bond donors (Lipinski definition) is 3. The number of Topliss-reactive ketones (excluding diaryl/α,β-unsaturated/α-hetero) is 2. The standard InChI is InChI=1S/C60H76N6O9Si/c1-58(2,3)75-56(70)42-52(64-55(69)43-74-36-35-73-34-33-72-32-21-37-76(59(4,5)6,48-25-14-10-15-26-48)49-27-16-11-17-28-49)54(68)41-46(40-47-39-45-24-18-19-29-51(45)63-47)57(71)65-60(7,8)50(38-44-22-12-9-13-23-44)53(67)30-20-31-62-66-61/h9-19,22-29,39,46,50,52,63H,20,30-36,38,40-43H2,1-8H3,(H,64,69)(H,65,71)/t46-,50+,52+/m1/s1. The second-order valence-corrected chi connectivity index (χ2v) is 26.0. The summed E-state index contributed by atoms with van der Waals surface area (Å²) in [6.45, 7) is 16.2. The van der Waals surface area contributed by atoms with E-state index in [4.69, 9.17) is 24.5 Å². The van der Waals surface area contributed by atoms with E-state index in [1.807, 2.05) is 72.8 Å². The van der Waals surface area contributed by atoms with Crippen molar-refractivity contribution in [3.8, 4) is 11.5 Å². The summed E-state index contributed by atoms with van der Waals surface area (Å²) < 4.78 is 22.8. The quantitative estimate of drug-likeness (QED) is 0.00795. The molecule has 0 radical (unpaired) electrons. The number of para-hydroxylation sites is 1. The molecule has 0 bridgehead atoms. The lowest BCUT2D eigenvalue weighted by Crippen LogP contribution is -2.63. The Balaban J connectivity index is 1.21. The molecule has 0 aliphatic heterocycles. The van der Waals surface area contributed by atoms with Crippen LogP contribution in [0.3, 0.4) is 0 Å². The van der Waals surface area contributed by atoms with Gasteiger partial charge in [0.05, 0.1) is 44.8 Å². The molecular weight excluding hydrogens is 977 g/mol. The topological polar surface area (TPSA) is 211 Å². The molecule has 5 aromatic rings. The van der Waals surface area contributed by atoms with Crippen molar-refractivity contribution < 1.29 is 42.9 Å². The monoisotopic (exact) mass is 1050 g/mol. The fourth-order valence-corrected chi connectivity index (χ4v) is 13.8. The molecule has 0 fully saturated rings. The number of benzene rings is 4. The van der Waals surface area contributed by atoms with Crippen LogP contribution in [-0.4, -0.2) is 106 Å². The van der Waals surface area contributed by atoms with Crippen molar-refractivity contribution in [2.45, 2.75) is 116 Å². The van der Waals surface area contributed by atoms with E-state index in [1.54, 1.807) is 34.6 Å². The van der Waals surface area contributed by atoms with Crippen molar-refractivity contribution in [3.05, 3.63) is 143 Å². The summed E-state index contributed by atoms with van der Waals surface area (Å²) in [5, 5.41) is 12.7. The van der Waals surface area contributed by atoms with E-state index in [2.05, 4.69) is 106 Å². The van der Waals surface area contributed by atoms with Crippen molar-refractivity contribution in [1.82, 2.24) is 15.6 Å². The molecule has 0 aliphatic carbocycles. The van der Waals surface area contributed by atoms with E-state index in [-0.39, 0.29) is 63.1 Å². The van der Waals surface area contributed by atoms with E-state index in [0.717, 1.165) is 16.5 Å². The first-order valence-corrected chi connectivity index (χ1v) is 28.1. The van der Waals surface area contributed by atoms with Crippen LogP contribution in [0.2, 0.25) is 5.04 Å². The Bertz CT molecular complexity index is 2720. The highest BCUT2D eigenvalue weighted by Gasteiger charge is 2.47. The summed E-state index contributed by atoms with van der Waals surface area (Å²) in [5.74, 6) is -0.876. The first kappa shape index (κ1) is 60.0. The van der Waals surface area contributed by atoms with Gasteiger partial charge in [0.2, 0.25) is 19.9 Å². The molecule has 16 heteroatoms. The molecule has 2 amide bonds. The SMILES string of the molecule is CC(C)(C)OC(=O)C[C@H](NC(=O)COCCOCCOCC#C[Si](c1ccccc1)(c1ccccc1)C(C)(C)C)C(=O)C[C@@H](Cc1cc2ccccc2[nH]1)C(=O)NC(C)(C)[C@@H](Cc1ccccc1)C(=O)CCCN=[N+]=[N-]. The second kappa shape index (κ2) is 28.9. The molecule has 0 unspecified atom stereocenters. The molecule has 0 saturated carbocycles. The van der Waals surface area contributed by atoms with Gasteiger partial charge < -0.3 is 34.6 Å². The predicted octanol–water partition coefficient (Wildman–Crippen LogP) is 8.57. The largest absolute Gasteiger partial charge is 0.460 e. The van der Waals surface area contributed by atoms with Gasteiger partial charge >= 0.3 is 5.97 Å². The number of nitrogens with zero attached hydrogens (tertiary/aromatic N) is 3. The van der Waals surface area contributed by atoms with Gasteiger partial charge in [0.15, 0.2) is 5.78 Å². The Hall–Kier alpha value is -6.86. The average Bonchev–Trinajstić information content (AvgIpc) is 3.80. The number of azide groups is 1. The highest BCUT2D eigenvalue weighted by atomic mass is 28.3. The summed E-state index contributed by atoms with van der Waals surface area (Å²) in [6, 6.07) is 38.7. The summed E-state index contributed by atoms with van der Waals surface area (Å²) in [4.78, 5) is 75.9. The maximum absolute atomic E-state index is 14.7.